The summed E-state index contributed by atoms with van der Waals surface area (Å²) >= 11 is 0. The minimum atomic E-state index is -0.927. The van der Waals surface area contributed by atoms with Crippen LogP contribution >= 0.6 is 0 Å². The number of hydrogen-bond donors (Lipinski definition) is 1. The minimum Gasteiger partial charge on any atom is -0.478 e. The second-order valence-electron chi connectivity index (χ2n) is 4.89. The summed E-state index contributed by atoms with van der Waals surface area (Å²) in [6.07, 6.45) is 4.13. The number of benzene rings is 1. The Balaban J connectivity index is 2.70. The standard InChI is InChI=1S/C15H17NO2/c1-3-12-13(15(17)18)7-11(8-16)9(2)14(12)10-5-4-6-10/h7,10H,3-6H2,1-2H3,(H,17,18). The van der Waals surface area contributed by atoms with Crippen molar-refractivity contribution in [2.75, 3.05) is 0 Å². The van der Waals surface area contributed by atoms with Crippen LogP contribution in [0.2, 0.25) is 0 Å². The van der Waals surface area contributed by atoms with Crippen molar-refractivity contribution in [3.8, 4) is 6.07 Å². The Morgan fingerprint density at radius 1 is 1.56 bits per heavy atom. The number of carboxylic acid groups (broad SMARTS) is 1. The van der Waals surface area contributed by atoms with Gasteiger partial charge in [0.15, 0.2) is 0 Å². The highest BCUT2D eigenvalue weighted by Gasteiger charge is 2.27. The number of rotatable bonds is 3. The molecule has 1 aliphatic rings. The second kappa shape index (κ2) is 4.81. The fraction of sp³-hybridized carbons (Fsp3) is 0.467. The lowest BCUT2D eigenvalue weighted by atomic mass is 9.74. The molecule has 2 rings (SSSR count). The molecule has 1 saturated carbocycles. The van der Waals surface area contributed by atoms with Crippen LogP contribution in [0.5, 0.6) is 0 Å². The van der Waals surface area contributed by atoms with Gasteiger partial charge in [-0.2, -0.15) is 5.26 Å². The Kier molecular flexibility index (Phi) is 3.38. The van der Waals surface area contributed by atoms with E-state index in [0.29, 0.717) is 23.5 Å². The molecule has 1 aromatic rings. The van der Waals surface area contributed by atoms with E-state index in [1.54, 1.807) is 0 Å². The summed E-state index contributed by atoms with van der Waals surface area (Å²) < 4.78 is 0. The number of carbonyl (C=O) groups is 1. The molecule has 0 bridgehead atoms. The molecule has 0 unspecified atom stereocenters. The summed E-state index contributed by atoms with van der Waals surface area (Å²) in [5, 5.41) is 18.4. The Hall–Kier alpha value is -1.82. The molecule has 3 heteroatoms. The van der Waals surface area contributed by atoms with Gasteiger partial charge in [-0.05, 0) is 54.9 Å². The largest absolute Gasteiger partial charge is 0.478 e. The lowest BCUT2D eigenvalue weighted by Gasteiger charge is -2.30. The van der Waals surface area contributed by atoms with Gasteiger partial charge in [-0.1, -0.05) is 13.3 Å². The third-order valence-corrected chi connectivity index (χ3v) is 3.96. The van der Waals surface area contributed by atoms with Crippen LogP contribution in [0.1, 0.15) is 64.7 Å². The molecular formula is C15H17NO2. The molecule has 1 aliphatic carbocycles. The lowest BCUT2D eigenvalue weighted by molar-refractivity contribution is 0.0695. The number of carboxylic acids is 1. The average molecular weight is 243 g/mol. The van der Waals surface area contributed by atoms with Crippen LogP contribution in [0.3, 0.4) is 0 Å². The SMILES string of the molecule is CCc1c(C(=O)O)cc(C#N)c(C)c1C1CCC1. The normalized spacial score (nSPS) is 14.9. The maximum atomic E-state index is 11.3. The quantitative estimate of drug-likeness (QED) is 0.885. The van der Waals surface area contributed by atoms with Crippen LogP contribution < -0.4 is 0 Å². The predicted molar refractivity (Wildman–Crippen MR) is 68.8 cm³/mol. The zero-order valence-electron chi connectivity index (χ0n) is 10.8. The first-order valence-corrected chi connectivity index (χ1v) is 6.39. The highest BCUT2D eigenvalue weighted by molar-refractivity contribution is 5.91. The number of nitrogens with zero attached hydrogens (tertiary/aromatic N) is 1. The molecule has 18 heavy (non-hydrogen) atoms. The van der Waals surface area contributed by atoms with Gasteiger partial charge in [0, 0.05) is 0 Å². The molecule has 0 amide bonds. The summed E-state index contributed by atoms with van der Waals surface area (Å²) in [5.41, 5.74) is 3.83. The average Bonchev–Trinajstić information content (AvgIpc) is 2.28. The van der Waals surface area contributed by atoms with Gasteiger partial charge in [-0.3, -0.25) is 0 Å². The van der Waals surface area contributed by atoms with Gasteiger partial charge < -0.3 is 5.11 Å². The molecule has 0 spiro atoms. The van der Waals surface area contributed by atoms with Crippen molar-refractivity contribution in [2.45, 2.75) is 45.4 Å². The van der Waals surface area contributed by atoms with Crippen LogP contribution in [0, 0.1) is 18.3 Å². The molecule has 94 valence electrons. The molecular weight excluding hydrogens is 226 g/mol. The van der Waals surface area contributed by atoms with Crippen LogP contribution in [0.4, 0.5) is 0 Å². The van der Waals surface area contributed by atoms with Crippen LogP contribution in [-0.4, -0.2) is 11.1 Å². The highest BCUT2D eigenvalue weighted by Crippen LogP contribution is 2.41. The van der Waals surface area contributed by atoms with E-state index in [-0.39, 0.29) is 0 Å². The van der Waals surface area contributed by atoms with Crippen molar-refractivity contribution in [3.63, 3.8) is 0 Å². The molecule has 1 fully saturated rings. The molecule has 1 N–H and O–H groups in total. The van der Waals surface area contributed by atoms with E-state index in [9.17, 15) is 9.90 Å². The Morgan fingerprint density at radius 3 is 2.61 bits per heavy atom. The number of hydrogen-bond acceptors (Lipinski definition) is 2. The molecule has 1 aromatic carbocycles. The number of aromatic carboxylic acids is 1. The smallest absolute Gasteiger partial charge is 0.336 e. The fourth-order valence-corrected chi connectivity index (χ4v) is 2.79. The van der Waals surface area contributed by atoms with E-state index in [4.69, 9.17) is 5.26 Å². The summed E-state index contributed by atoms with van der Waals surface area (Å²) in [4.78, 5) is 11.3. The van der Waals surface area contributed by atoms with Crippen molar-refractivity contribution < 1.29 is 9.90 Å². The highest BCUT2D eigenvalue weighted by atomic mass is 16.4. The zero-order chi connectivity index (χ0) is 13.3. The van der Waals surface area contributed by atoms with Gasteiger partial charge in [0.1, 0.15) is 0 Å². The third-order valence-electron chi connectivity index (χ3n) is 3.96. The van der Waals surface area contributed by atoms with E-state index in [1.165, 1.54) is 12.5 Å². The molecule has 0 radical (unpaired) electrons. The van der Waals surface area contributed by atoms with Gasteiger partial charge in [-0.25, -0.2) is 4.79 Å². The van der Waals surface area contributed by atoms with Gasteiger partial charge in [0.25, 0.3) is 0 Å². The molecule has 0 aliphatic heterocycles. The second-order valence-corrected chi connectivity index (χ2v) is 4.89. The maximum absolute atomic E-state index is 11.3. The summed E-state index contributed by atoms with van der Waals surface area (Å²) in [7, 11) is 0. The molecule has 3 nitrogen and oxygen atoms in total. The van der Waals surface area contributed by atoms with Crippen molar-refractivity contribution in [1.29, 1.82) is 5.26 Å². The Morgan fingerprint density at radius 2 is 2.22 bits per heavy atom. The first kappa shape index (κ1) is 12.6. The molecule has 0 atom stereocenters. The first-order chi connectivity index (χ1) is 8.60. The van der Waals surface area contributed by atoms with Crippen LogP contribution in [0.15, 0.2) is 6.07 Å². The number of nitriles is 1. The Bertz CT molecular complexity index is 536. The van der Waals surface area contributed by atoms with Crippen molar-refractivity contribution in [3.05, 3.63) is 33.9 Å². The van der Waals surface area contributed by atoms with E-state index < -0.39 is 5.97 Å². The van der Waals surface area contributed by atoms with E-state index in [2.05, 4.69) is 6.07 Å². The first-order valence-electron chi connectivity index (χ1n) is 6.39. The Labute approximate surface area is 107 Å². The van der Waals surface area contributed by atoms with Crippen LogP contribution in [0.25, 0.3) is 0 Å². The lowest BCUT2D eigenvalue weighted by Crippen LogP contribution is -2.17. The third kappa shape index (κ3) is 1.88. The van der Waals surface area contributed by atoms with E-state index in [1.807, 2.05) is 13.8 Å². The van der Waals surface area contributed by atoms with Crippen molar-refractivity contribution in [1.82, 2.24) is 0 Å². The van der Waals surface area contributed by atoms with Crippen molar-refractivity contribution in [2.24, 2.45) is 0 Å². The van der Waals surface area contributed by atoms with Gasteiger partial charge >= 0.3 is 5.97 Å². The molecule has 0 saturated heterocycles. The predicted octanol–water partition coefficient (Wildman–Crippen LogP) is 3.39. The maximum Gasteiger partial charge on any atom is 0.336 e. The monoisotopic (exact) mass is 243 g/mol. The molecule has 0 heterocycles. The van der Waals surface area contributed by atoms with Crippen LogP contribution in [-0.2, 0) is 6.42 Å². The molecule has 0 aromatic heterocycles. The summed E-state index contributed by atoms with van der Waals surface area (Å²) in [5.74, 6) is -0.477. The summed E-state index contributed by atoms with van der Waals surface area (Å²) in [6.45, 7) is 3.92. The van der Waals surface area contributed by atoms with E-state index in [0.717, 1.165) is 29.5 Å². The van der Waals surface area contributed by atoms with Crippen molar-refractivity contribution >= 4 is 5.97 Å². The minimum absolute atomic E-state index is 0.307. The topological polar surface area (TPSA) is 61.1 Å². The van der Waals surface area contributed by atoms with Gasteiger partial charge in [-0.15, -0.1) is 0 Å². The zero-order valence-corrected chi connectivity index (χ0v) is 10.8. The van der Waals surface area contributed by atoms with Gasteiger partial charge in [0.2, 0.25) is 0 Å². The van der Waals surface area contributed by atoms with Gasteiger partial charge in [0.05, 0.1) is 17.2 Å². The summed E-state index contributed by atoms with van der Waals surface area (Å²) in [6, 6.07) is 3.65. The fourth-order valence-electron chi connectivity index (χ4n) is 2.79. The van der Waals surface area contributed by atoms with E-state index >= 15 is 0 Å².